The molecule has 10 heteroatoms. The Morgan fingerprint density at radius 3 is 2.94 bits per heavy atom. The van der Waals surface area contributed by atoms with E-state index in [1.165, 1.54) is 9.72 Å². The molecule has 0 radical (unpaired) electrons. The summed E-state index contributed by atoms with van der Waals surface area (Å²) in [5.41, 5.74) is 1.60. The molecule has 3 aromatic heterocycles. The van der Waals surface area contributed by atoms with E-state index in [1.54, 1.807) is 17.7 Å². The molecule has 34 heavy (non-hydrogen) atoms. The van der Waals surface area contributed by atoms with Gasteiger partial charge >= 0.3 is 0 Å². The Morgan fingerprint density at radius 1 is 1.24 bits per heavy atom. The van der Waals surface area contributed by atoms with Gasteiger partial charge in [0, 0.05) is 43.4 Å². The van der Waals surface area contributed by atoms with Crippen LogP contribution < -0.4 is 9.74 Å². The van der Waals surface area contributed by atoms with Crippen molar-refractivity contribution in [2.45, 2.75) is 51.8 Å². The summed E-state index contributed by atoms with van der Waals surface area (Å²) in [7, 11) is 0. The number of carbonyl (C=O) groups is 1. The first-order valence-electron chi connectivity index (χ1n) is 11.9. The van der Waals surface area contributed by atoms with Crippen LogP contribution in [0.5, 0.6) is 0 Å². The van der Waals surface area contributed by atoms with Gasteiger partial charge < -0.3 is 14.5 Å². The Bertz CT molecular complexity index is 1270. The van der Waals surface area contributed by atoms with E-state index in [0.29, 0.717) is 12.8 Å². The number of carbonyl (C=O) groups excluding carboxylic acids is 1. The van der Waals surface area contributed by atoms with Gasteiger partial charge in [-0.1, -0.05) is 30.8 Å². The number of anilines is 1. The van der Waals surface area contributed by atoms with Crippen LogP contribution in [0.3, 0.4) is 0 Å². The molecule has 1 fully saturated rings. The van der Waals surface area contributed by atoms with Crippen molar-refractivity contribution in [2.24, 2.45) is 0 Å². The molecular weight excluding hydrogens is 450 g/mol. The highest BCUT2D eigenvalue weighted by Crippen LogP contribution is 2.33. The molecule has 0 aliphatic carbocycles. The van der Waals surface area contributed by atoms with Crippen LogP contribution in [-0.4, -0.2) is 68.2 Å². The number of aromatic nitrogens is 5. The zero-order chi connectivity index (χ0) is 23.5. The fourth-order valence-electron chi connectivity index (χ4n) is 4.62. The smallest absolute Gasteiger partial charge is 0.181 e. The van der Waals surface area contributed by atoms with Gasteiger partial charge in [0.15, 0.2) is 6.23 Å². The molecule has 4 aromatic rings. The quantitative estimate of drug-likeness (QED) is 0.338. The lowest BCUT2D eigenvalue weighted by Gasteiger charge is -2.44. The summed E-state index contributed by atoms with van der Waals surface area (Å²) in [6.07, 6.45) is 5.34. The largest absolute Gasteiger partial charge is 0.375 e. The monoisotopic (exact) mass is 479 g/mol. The number of thiophene rings is 1. The summed E-state index contributed by atoms with van der Waals surface area (Å²) < 4.78 is 0. The van der Waals surface area contributed by atoms with Crippen LogP contribution in [0.1, 0.15) is 38.0 Å². The molecule has 2 atom stereocenters. The molecule has 1 aromatic carbocycles. The number of piperazine rings is 1. The predicted octanol–water partition coefficient (Wildman–Crippen LogP) is 3.33. The minimum atomic E-state index is -0.273. The Balaban J connectivity index is 1.38. The lowest BCUT2D eigenvalue weighted by atomic mass is 10.1. The highest BCUT2D eigenvalue weighted by molar-refractivity contribution is 7.18. The molecule has 1 aliphatic heterocycles. The summed E-state index contributed by atoms with van der Waals surface area (Å²) >= 11 is 1.74. The fraction of sp³-hybridized carbons (Fsp3) is 0.458. The summed E-state index contributed by atoms with van der Waals surface area (Å²) in [5, 5.41) is 9.52. The SMILES string of the molecule is CCc1cc2c(N3CCN(C(CCC=O)On4nnc5ccccc54)CC3CC)ncnc2s1. The number of fused-ring (bicyclic) bond motifs is 2. The number of nitrogens with zero attached hydrogens (tertiary/aromatic N) is 7. The average molecular weight is 480 g/mol. The van der Waals surface area contributed by atoms with Crippen molar-refractivity contribution in [2.75, 3.05) is 24.5 Å². The predicted molar refractivity (Wildman–Crippen MR) is 133 cm³/mol. The second-order valence-electron chi connectivity index (χ2n) is 8.49. The van der Waals surface area contributed by atoms with E-state index in [4.69, 9.17) is 9.82 Å². The first-order valence-corrected chi connectivity index (χ1v) is 12.7. The van der Waals surface area contributed by atoms with E-state index in [2.05, 4.69) is 45.0 Å². The molecule has 4 heterocycles. The van der Waals surface area contributed by atoms with Gasteiger partial charge in [0.2, 0.25) is 0 Å². The van der Waals surface area contributed by atoms with Crippen LogP contribution in [0.15, 0.2) is 36.7 Å². The normalized spacial score (nSPS) is 17.9. The minimum Gasteiger partial charge on any atom is -0.375 e. The maximum absolute atomic E-state index is 11.2. The number of aldehydes is 1. The van der Waals surface area contributed by atoms with Gasteiger partial charge in [-0.15, -0.1) is 16.4 Å². The molecule has 0 N–H and O–H groups in total. The molecule has 0 saturated carbocycles. The standard InChI is InChI=1S/C24H29N7O2S/c1-3-17-15-29(11-12-30(17)23-19-14-18(4-2)34-24(19)26-16-25-23)22(10-7-13-32)33-31-21-9-6-5-8-20(21)27-28-31/h5-6,8-9,13-14,16-17,22H,3-4,7,10-12,15H2,1-2H3. The van der Waals surface area contributed by atoms with Crippen molar-refractivity contribution in [3.8, 4) is 0 Å². The van der Waals surface area contributed by atoms with E-state index >= 15 is 0 Å². The van der Waals surface area contributed by atoms with Crippen LogP contribution in [0.25, 0.3) is 21.3 Å². The van der Waals surface area contributed by atoms with Crippen molar-refractivity contribution in [1.29, 1.82) is 0 Å². The number of benzene rings is 1. The second kappa shape index (κ2) is 10.0. The van der Waals surface area contributed by atoms with Crippen LogP contribution in [0.2, 0.25) is 0 Å². The van der Waals surface area contributed by atoms with Crippen LogP contribution in [0.4, 0.5) is 5.82 Å². The fourth-order valence-corrected chi connectivity index (χ4v) is 5.55. The number of rotatable bonds is 9. The maximum Gasteiger partial charge on any atom is 0.181 e. The molecule has 0 amide bonds. The van der Waals surface area contributed by atoms with Gasteiger partial charge in [-0.3, -0.25) is 4.90 Å². The average Bonchev–Trinajstić information content (AvgIpc) is 3.50. The number of hydrogen-bond donors (Lipinski definition) is 0. The molecule has 1 aliphatic rings. The molecule has 5 rings (SSSR count). The first kappa shape index (κ1) is 22.7. The van der Waals surface area contributed by atoms with Crippen molar-refractivity contribution in [3.05, 3.63) is 41.5 Å². The highest BCUT2D eigenvalue weighted by atomic mass is 32.1. The Hall–Kier alpha value is -3.11. The number of para-hydroxylation sites is 1. The maximum atomic E-state index is 11.2. The Labute approximate surface area is 202 Å². The van der Waals surface area contributed by atoms with Crippen LogP contribution in [-0.2, 0) is 11.2 Å². The second-order valence-corrected chi connectivity index (χ2v) is 9.60. The van der Waals surface area contributed by atoms with Gasteiger partial charge in [-0.25, -0.2) is 9.97 Å². The first-order chi connectivity index (χ1) is 16.7. The summed E-state index contributed by atoms with van der Waals surface area (Å²) in [6.45, 7) is 6.80. The lowest BCUT2D eigenvalue weighted by Crippen LogP contribution is -2.58. The van der Waals surface area contributed by atoms with E-state index in [-0.39, 0.29) is 12.3 Å². The third kappa shape index (κ3) is 4.35. The number of aryl methyl sites for hydroxylation is 1. The van der Waals surface area contributed by atoms with E-state index in [1.807, 2.05) is 24.3 Å². The minimum absolute atomic E-state index is 0.270. The van der Waals surface area contributed by atoms with Crippen LogP contribution in [0, 0.1) is 0 Å². The highest BCUT2D eigenvalue weighted by Gasteiger charge is 2.33. The molecule has 0 bridgehead atoms. The van der Waals surface area contributed by atoms with Gasteiger partial charge in [-0.05, 0) is 36.3 Å². The Morgan fingerprint density at radius 2 is 2.12 bits per heavy atom. The summed E-state index contributed by atoms with van der Waals surface area (Å²) in [4.78, 5) is 35.3. The number of hydrogen-bond acceptors (Lipinski definition) is 9. The zero-order valence-electron chi connectivity index (χ0n) is 19.5. The van der Waals surface area contributed by atoms with Gasteiger partial charge in [0.05, 0.1) is 5.39 Å². The van der Waals surface area contributed by atoms with E-state index < -0.39 is 0 Å². The van der Waals surface area contributed by atoms with Crippen molar-refractivity contribution >= 4 is 44.7 Å². The van der Waals surface area contributed by atoms with Gasteiger partial charge in [-0.2, -0.15) is 0 Å². The third-order valence-electron chi connectivity index (χ3n) is 6.45. The molecular formula is C24H29N7O2S. The van der Waals surface area contributed by atoms with Gasteiger partial charge in [0.1, 0.15) is 34.3 Å². The lowest BCUT2D eigenvalue weighted by molar-refractivity contribution is -0.112. The topological polar surface area (TPSA) is 89.3 Å². The van der Waals surface area contributed by atoms with Crippen molar-refractivity contribution < 1.29 is 9.63 Å². The molecule has 178 valence electrons. The molecule has 0 spiro atoms. The van der Waals surface area contributed by atoms with E-state index in [0.717, 1.165) is 65.8 Å². The molecule has 1 saturated heterocycles. The zero-order valence-corrected chi connectivity index (χ0v) is 20.3. The van der Waals surface area contributed by atoms with Crippen LogP contribution >= 0.6 is 11.3 Å². The molecule has 9 nitrogen and oxygen atoms in total. The summed E-state index contributed by atoms with van der Waals surface area (Å²) in [6, 6.07) is 10.2. The molecule has 2 unspecified atom stereocenters. The summed E-state index contributed by atoms with van der Waals surface area (Å²) in [5.74, 6) is 1.01. The van der Waals surface area contributed by atoms with Crippen molar-refractivity contribution in [3.63, 3.8) is 0 Å². The van der Waals surface area contributed by atoms with Crippen molar-refractivity contribution in [1.82, 2.24) is 30.0 Å². The van der Waals surface area contributed by atoms with Gasteiger partial charge in [0.25, 0.3) is 0 Å². The van der Waals surface area contributed by atoms with E-state index in [9.17, 15) is 4.79 Å². The Kier molecular flexibility index (Phi) is 6.68. The third-order valence-corrected chi connectivity index (χ3v) is 7.63.